The molecule has 0 bridgehead atoms. The summed E-state index contributed by atoms with van der Waals surface area (Å²) in [5.41, 5.74) is 2.95. The molecule has 2 amide bonds. The van der Waals surface area contributed by atoms with Crippen molar-refractivity contribution in [3.05, 3.63) is 82.7 Å². The van der Waals surface area contributed by atoms with Crippen molar-refractivity contribution < 1.29 is 18.4 Å². The second-order valence-electron chi connectivity index (χ2n) is 8.03. The van der Waals surface area contributed by atoms with Crippen LogP contribution >= 0.6 is 0 Å². The molecular weight excluding hydrogens is 414 g/mol. The monoisotopic (exact) mass is 432 g/mol. The Labute approximate surface area is 182 Å². The van der Waals surface area contributed by atoms with Gasteiger partial charge in [-0.2, -0.15) is 5.10 Å². The first kappa shape index (κ1) is 20.0. The average molecular weight is 432 g/mol. The molecule has 6 nitrogen and oxygen atoms in total. The van der Waals surface area contributed by atoms with Crippen molar-refractivity contribution in [1.82, 2.24) is 14.8 Å². The number of hydrogen-bond donors (Lipinski definition) is 0. The van der Waals surface area contributed by atoms with Crippen LogP contribution in [0.1, 0.15) is 51.7 Å². The maximum Gasteiger partial charge on any atom is 0.267 e. The van der Waals surface area contributed by atoms with Crippen LogP contribution in [0.2, 0.25) is 0 Å². The highest BCUT2D eigenvalue weighted by Gasteiger charge is 2.40. The molecular formula is C24H18F2N4O2. The highest BCUT2D eigenvalue weighted by Crippen LogP contribution is 2.35. The molecule has 0 atom stereocenters. The van der Waals surface area contributed by atoms with Crippen molar-refractivity contribution in [2.45, 2.75) is 26.7 Å². The zero-order chi connectivity index (χ0) is 22.7. The normalized spacial score (nSPS) is 13.5. The Morgan fingerprint density at radius 3 is 2.25 bits per heavy atom. The molecule has 4 aromatic rings. The minimum atomic E-state index is -1.02. The van der Waals surface area contributed by atoms with Crippen LogP contribution in [0.25, 0.3) is 16.7 Å². The lowest BCUT2D eigenvalue weighted by atomic mass is 10.0. The van der Waals surface area contributed by atoms with Gasteiger partial charge >= 0.3 is 0 Å². The number of anilines is 1. The van der Waals surface area contributed by atoms with Gasteiger partial charge in [0, 0.05) is 12.3 Å². The fourth-order valence-corrected chi connectivity index (χ4v) is 4.00. The molecule has 1 aliphatic heterocycles. The third-order valence-electron chi connectivity index (χ3n) is 5.69. The van der Waals surface area contributed by atoms with Crippen LogP contribution in [0.4, 0.5) is 14.5 Å². The van der Waals surface area contributed by atoms with E-state index in [0.717, 1.165) is 22.6 Å². The van der Waals surface area contributed by atoms with Crippen LogP contribution in [-0.2, 0) is 0 Å². The standard InChI is InChI=1S/C24H18F2N4O2/c1-12(2)14-4-6-15(7-5-14)29-23(31)17-11-27-22-20(21(17)24(29)32)13(3)28-30(22)16-8-9-18(25)19(26)10-16/h4-12H,1-3H3. The van der Waals surface area contributed by atoms with Crippen LogP contribution in [0.3, 0.4) is 0 Å². The van der Waals surface area contributed by atoms with Crippen molar-refractivity contribution in [1.29, 1.82) is 0 Å². The average Bonchev–Trinajstić information content (AvgIpc) is 3.24. The fraction of sp³-hybridized carbons (Fsp3) is 0.167. The number of benzene rings is 2. The van der Waals surface area contributed by atoms with Crippen LogP contribution < -0.4 is 4.90 Å². The third-order valence-corrected chi connectivity index (χ3v) is 5.69. The molecule has 8 heteroatoms. The van der Waals surface area contributed by atoms with Gasteiger partial charge in [0.1, 0.15) is 0 Å². The number of pyridine rings is 1. The number of hydrogen-bond acceptors (Lipinski definition) is 4. The molecule has 0 unspecified atom stereocenters. The first-order valence-electron chi connectivity index (χ1n) is 10.1. The first-order valence-corrected chi connectivity index (χ1v) is 10.1. The van der Waals surface area contributed by atoms with Crippen molar-refractivity contribution in [2.24, 2.45) is 0 Å². The molecule has 0 aliphatic carbocycles. The van der Waals surface area contributed by atoms with E-state index in [-0.39, 0.29) is 22.5 Å². The number of nitrogens with zero attached hydrogens (tertiary/aromatic N) is 4. The Balaban J connectivity index is 1.65. The Hall–Kier alpha value is -3.94. The van der Waals surface area contributed by atoms with Gasteiger partial charge in [-0.25, -0.2) is 23.3 Å². The SMILES string of the molecule is Cc1nn(-c2ccc(F)c(F)c2)c2ncc3c(c12)C(=O)N(c1ccc(C(C)C)cc1)C3=O. The largest absolute Gasteiger partial charge is 0.268 e. The molecule has 0 fully saturated rings. The van der Waals surface area contributed by atoms with Crippen molar-refractivity contribution in [2.75, 3.05) is 4.90 Å². The van der Waals surface area contributed by atoms with Gasteiger partial charge < -0.3 is 0 Å². The molecule has 5 rings (SSSR count). The molecule has 0 N–H and O–H groups in total. The zero-order valence-corrected chi connectivity index (χ0v) is 17.6. The fourth-order valence-electron chi connectivity index (χ4n) is 4.00. The van der Waals surface area contributed by atoms with Gasteiger partial charge in [0.05, 0.1) is 33.6 Å². The van der Waals surface area contributed by atoms with Crippen LogP contribution in [0.15, 0.2) is 48.7 Å². The molecule has 2 aromatic heterocycles. The number of carbonyl (C=O) groups is 2. The number of halogens is 2. The van der Waals surface area contributed by atoms with E-state index in [2.05, 4.69) is 23.9 Å². The lowest BCUT2D eigenvalue weighted by Gasteiger charge is -2.15. The van der Waals surface area contributed by atoms with Gasteiger partial charge in [-0.15, -0.1) is 0 Å². The molecule has 32 heavy (non-hydrogen) atoms. The van der Waals surface area contributed by atoms with Gasteiger partial charge in [-0.1, -0.05) is 26.0 Å². The minimum absolute atomic E-state index is 0.184. The topological polar surface area (TPSA) is 68.1 Å². The lowest BCUT2D eigenvalue weighted by molar-refractivity contribution is 0.0926. The van der Waals surface area contributed by atoms with Gasteiger partial charge in [-0.05, 0) is 42.7 Å². The van der Waals surface area contributed by atoms with E-state index in [1.54, 1.807) is 19.1 Å². The smallest absolute Gasteiger partial charge is 0.267 e. The molecule has 0 saturated heterocycles. The van der Waals surface area contributed by atoms with Crippen molar-refractivity contribution in [3.8, 4) is 5.69 Å². The van der Waals surface area contributed by atoms with Gasteiger partial charge in [0.25, 0.3) is 11.8 Å². The third kappa shape index (κ3) is 2.83. The summed E-state index contributed by atoms with van der Waals surface area (Å²) >= 11 is 0. The number of aryl methyl sites for hydroxylation is 1. The van der Waals surface area contributed by atoms with E-state index in [1.807, 2.05) is 12.1 Å². The van der Waals surface area contributed by atoms with E-state index in [9.17, 15) is 18.4 Å². The number of aromatic nitrogens is 3. The van der Waals surface area contributed by atoms with E-state index < -0.39 is 23.4 Å². The highest BCUT2D eigenvalue weighted by molar-refractivity contribution is 6.37. The molecule has 0 radical (unpaired) electrons. The molecule has 1 aliphatic rings. The maximum atomic E-state index is 13.8. The van der Waals surface area contributed by atoms with E-state index >= 15 is 0 Å². The van der Waals surface area contributed by atoms with Crippen LogP contribution in [-0.4, -0.2) is 26.6 Å². The van der Waals surface area contributed by atoms with E-state index in [1.165, 1.54) is 16.9 Å². The summed E-state index contributed by atoms with van der Waals surface area (Å²) in [6, 6.07) is 10.7. The number of carbonyl (C=O) groups excluding carboxylic acids is 2. The number of imide groups is 1. The lowest BCUT2D eigenvalue weighted by Crippen LogP contribution is -2.29. The van der Waals surface area contributed by atoms with Crippen LogP contribution in [0, 0.1) is 18.6 Å². The van der Waals surface area contributed by atoms with E-state index in [0.29, 0.717) is 22.7 Å². The number of rotatable bonds is 3. The van der Waals surface area contributed by atoms with Crippen molar-refractivity contribution in [3.63, 3.8) is 0 Å². The molecule has 2 aromatic carbocycles. The molecule has 3 heterocycles. The van der Waals surface area contributed by atoms with Crippen molar-refractivity contribution >= 4 is 28.5 Å². The molecule has 160 valence electrons. The Morgan fingerprint density at radius 1 is 0.906 bits per heavy atom. The van der Waals surface area contributed by atoms with E-state index in [4.69, 9.17) is 0 Å². The maximum absolute atomic E-state index is 13.8. The highest BCUT2D eigenvalue weighted by atomic mass is 19.2. The second-order valence-corrected chi connectivity index (χ2v) is 8.03. The first-order chi connectivity index (χ1) is 15.3. The molecule has 0 spiro atoms. The molecule has 0 saturated carbocycles. The predicted octanol–water partition coefficient (Wildman–Crippen LogP) is 4.93. The van der Waals surface area contributed by atoms with Gasteiger partial charge in [-0.3, -0.25) is 9.59 Å². The van der Waals surface area contributed by atoms with Gasteiger partial charge in [0.2, 0.25) is 0 Å². The summed E-state index contributed by atoms with van der Waals surface area (Å²) in [5.74, 6) is -2.61. The number of amides is 2. The summed E-state index contributed by atoms with van der Waals surface area (Å²) in [6.45, 7) is 5.80. The Morgan fingerprint density at radius 2 is 1.59 bits per heavy atom. The minimum Gasteiger partial charge on any atom is -0.268 e. The Bertz CT molecular complexity index is 1420. The summed E-state index contributed by atoms with van der Waals surface area (Å²) in [7, 11) is 0. The quantitative estimate of drug-likeness (QED) is 0.431. The van der Waals surface area contributed by atoms with Crippen LogP contribution in [0.5, 0.6) is 0 Å². The second kappa shape index (κ2) is 7.05. The zero-order valence-electron chi connectivity index (χ0n) is 17.6. The number of fused-ring (bicyclic) bond motifs is 3. The summed E-state index contributed by atoms with van der Waals surface area (Å²) in [5, 5.41) is 4.79. The summed E-state index contributed by atoms with van der Waals surface area (Å²) < 4.78 is 28.5. The summed E-state index contributed by atoms with van der Waals surface area (Å²) in [4.78, 5) is 31.9. The summed E-state index contributed by atoms with van der Waals surface area (Å²) in [6.07, 6.45) is 1.33. The van der Waals surface area contributed by atoms with Gasteiger partial charge in [0.15, 0.2) is 17.3 Å². The Kier molecular flexibility index (Phi) is 4.40. The predicted molar refractivity (Wildman–Crippen MR) is 115 cm³/mol.